The Hall–Kier alpha value is -6.48. The molecule has 2 saturated carbocycles. The van der Waals surface area contributed by atoms with Crippen LogP contribution < -0.4 is 26.6 Å². The molecule has 4 aromatic rings. The third-order valence-electron chi connectivity index (χ3n) is 11.3. The maximum absolute atomic E-state index is 15.0. The van der Waals surface area contributed by atoms with Crippen LogP contribution in [0.1, 0.15) is 161 Å². The van der Waals surface area contributed by atoms with E-state index in [2.05, 4.69) is 26.6 Å². The minimum absolute atomic E-state index is 0.0999. The standard InChI is InChI=1S/C30H40FN3O4.C24H27FN2O4/c1-18(2)38-13-7-12-32-29(37)25-14-20(27(35)33-17-30(4,5)6)8-11-23(25)24-15-21(16-26(31)19(24)3)28(36)34-22-9-10-22;1-13-18(10-15(11-20(13)25)22(29)27-16-6-7-16)17-8-5-14(9-19(17)23(30)31)21(28)26-12-24(2,3)4/h8,11,14-16,18,22H,7,9-10,12-13,17H2,1-6H3,(H,32,37)(H,33,35)(H,34,36);5,8-11,16H,6-7,12H2,1-4H3,(H,26,28)(H,27,29)(H,30,31). The van der Waals surface area contributed by atoms with Crippen molar-refractivity contribution in [2.24, 2.45) is 10.8 Å². The van der Waals surface area contributed by atoms with Crippen molar-refractivity contribution in [1.29, 1.82) is 0 Å². The van der Waals surface area contributed by atoms with Gasteiger partial charge in [-0.25, -0.2) is 13.6 Å². The lowest BCUT2D eigenvalue weighted by molar-refractivity contribution is 0.0695. The molecule has 4 aromatic carbocycles. The number of carboxylic acid groups (broad SMARTS) is 1. The number of carbonyl (C=O) groups is 6. The molecule has 2 aliphatic carbocycles. The Bertz CT molecular complexity index is 2590. The number of hydrogen-bond acceptors (Lipinski definition) is 7. The quantitative estimate of drug-likeness (QED) is 0.0565. The number of halogens is 2. The van der Waals surface area contributed by atoms with E-state index in [4.69, 9.17) is 4.74 Å². The summed E-state index contributed by atoms with van der Waals surface area (Å²) >= 11 is 0. The Balaban J connectivity index is 0.000000263. The average Bonchev–Trinajstić information content (AvgIpc) is 4.24. The predicted molar refractivity (Wildman–Crippen MR) is 263 cm³/mol. The number of rotatable bonds is 17. The van der Waals surface area contributed by atoms with Crippen molar-refractivity contribution in [3.8, 4) is 22.3 Å². The second-order valence-electron chi connectivity index (χ2n) is 20.6. The molecule has 6 N–H and O–H groups in total. The first kappa shape index (κ1) is 53.5. The Morgan fingerprint density at radius 3 is 1.39 bits per heavy atom. The second kappa shape index (κ2) is 22.8. The van der Waals surface area contributed by atoms with Gasteiger partial charge in [-0.15, -0.1) is 0 Å². The summed E-state index contributed by atoms with van der Waals surface area (Å²) < 4.78 is 35.1. The molecule has 5 amide bonds. The molecule has 0 aliphatic heterocycles. The van der Waals surface area contributed by atoms with Gasteiger partial charge in [0.15, 0.2) is 0 Å². The summed E-state index contributed by atoms with van der Waals surface area (Å²) in [5.41, 5.74) is 2.71. The van der Waals surface area contributed by atoms with Gasteiger partial charge in [-0.2, -0.15) is 0 Å². The summed E-state index contributed by atoms with van der Waals surface area (Å²) in [6.07, 6.45) is 4.35. The number of carboxylic acids is 1. The van der Waals surface area contributed by atoms with Gasteiger partial charge in [0.1, 0.15) is 11.6 Å². The Labute approximate surface area is 404 Å². The average molecular weight is 952 g/mol. The van der Waals surface area contributed by atoms with Crippen molar-refractivity contribution in [3.63, 3.8) is 0 Å². The van der Waals surface area contributed by atoms with Crippen LogP contribution in [0.5, 0.6) is 0 Å². The smallest absolute Gasteiger partial charge is 0.336 e. The van der Waals surface area contributed by atoms with Crippen molar-refractivity contribution in [3.05, 3.63) is 117 Å². The summed E-state index contributed by atoms with van der Waals surface area (Å²) in [4.78, 5) is 75.7. The van der Waals surface area contributed by atoms with E-state index in [1.54, 1.807) is 25.1 Å². The zero-order chi connectivity index (χ0) is 51.0. The molecule has 69 heavy (non-hydrogen) atoms. The first-order chi connectivity index (χ1) is 32.3. The van der Waals surface area contributed by atoms with Crippen LogP contribution in [0.25, 0.3) is 22.3 Å². The van der Waals surface area contributed by atoms with Crippen LogP contribution in [0.15, 0.2) is 60.7 Å². The highest BCUT2D eigenvalue weighted by Gasteiger charge is 2.28. The Morgan fingerprint density at radius 1 is 0.580 bits per heavy atom. The Kier molecular flexibility index (Phi) is 17.6. The van der Waals surface area contributed by atoms with E-state index in [0.29, 0.717) is 60.5 Å². The summed E-state index contributed by atoms with van der Waals surface area (Å²) in [6, 6.07) is 14.8. The highest BCUT2D eigenvalue weighted by atomic mass is 19.1. The molecule has 0 radical (unpaired) electrons. The molecule has 15 heteroatoms. The largest absolute Gasteiger partial charge is 0.478 e. The number of nitrogens with one attached hydrogen (secondary N) is 5. The van der Waals surface area contributed by atoms with Gasteiger partial charge in [0.2, 0.25) is 0 Å². The maximum atomic E-state index is 15.0. The normalized spacial score (nSPS) is 13.5. The van der Waals surface area contributed by atoms with Crippen LogP contribution in [0.2, 0.25) is 0 Å². The molecular formula is C54H67F2N5O8. The first-order valence-electron chi connectivity index (χ1n) is 23.5. The van der Waals surface area contributed by atoms with Gasteiger partial charge in [-0.05, 0) is 153 Å². The first-order valence-corrected chi connectivity index (χ1v) is 23.5. The monoisotopic (exact) mass is 951 g/mol. The van der Waals surface area contributed by atoms with Crippen LogP contribution >= 0.6 is 0 Å². The van der Waals surface area contributed by atoms with Gasteiger partial charge < -0.3 is 36.4 Å². The lowest BCUT2D eigenvalue weighted by Crippen LogP contribution is -2.32. The molecule has 6 rings (SSSR count). The van der Waals surface area contributed by atoms with Crippen molar-refractivity contribution in [1.82, 2.24) is 26.6 Å². The molecule has 370 valence electrons. The van der Waals surface area contributed by atoms with Crippen LogP contribution in [-0.2, 0) is 4.74 Å². The molecule has 2 fully saturated rings. The minimum atomic E-state index is -1.24. The lowest BCUT2D eigenvalue weighted by atomic mass is 9.91. The highest BCUT2D eigenvalue weighted by molar-refractivity contribution is 6.06. The molecule has 2 aliphatic rings. The van der Waals surface area contributed by atoms with E-state index < -0.39 is 23.5 Å². The van der Waals surface area contributed by atoms with Crippen molar-refractivity contribution in [2.75, 3.05) is 26.2 Å². The topological polar surface area (TPSA) is 192 Å². The maximum Gasteiger partial charge on any atom is 0.336 e. The van der Waals surface area contributed by atoms with Crippen LogP contribution in [0.3, 0.4) is 0 Å². The molecule has 13 nitrogen and oxygen atoms in total. The molecule has 0 spiro atoms. The Morgan fingerprint density at radius 2 is 1.00 bits per heavy atom. The fourth-order valence-electron chi connectivity index (χ4n) is 6.96. The number of ether oxygens (including phenoxy) is 1. The number of benzene rings is 4. The second-order valence-corrected chi connectivity index (χ2v) is 20.6. The fourth-order valence-corrected chi connectivity index (χ4v) is 6.96. The van der Waals surface area contributed by atoms with E-state index in [1.165, 1.54) is 43.3 Å². The third-order valence-corrected chi connectivity index (χ3v) is 11.3. The van der Waals surface area contributed by atoms with Gasteiger partial charge in [-0.3, -0.25) is 24.0 Å². The molecular weight excluding hydrogens is 885 g/mol. The van der Waals surface area contributed by atoms with Crippen LogP contribution in [-0.4, -0.2) is 85.0 Å². The summed E-state index contributed by atoms with van der Waals surface area (Å²) in [6.45, 7) is 20.8. The fraction of sp³-hybridized carbons (Fsp3) is 0.444. The summed E-state index contributed by atoms with van der Waals surface area (Å²) in [7, 11) is 0. The van der Waals surface area contributed by atoms with Crippen LogP contribution in [0, 0.1) is 36.3 Å². The van der Waals surface area contributed by atoms with Gasteiger partial charge in [0.05, 0.1) is 11.7 Å². The number of aromatic carboxylic acids is 1. The zero-order valence-corrected chi connectivity index (χ0v) is 41.4. The zero-order valence-electron chi connectivity index (χ0n) is 41.4. The molecule has 0 heterocycles. The van der Waals surface area contributed by atoms with Crippen molar-refractivity contribution < 1.29 is 47.4 Å². The van der Waals surface area contributed by atoms with E-state index in [0.717, 1.165) is 31.7 Å². The third kappa shape index (κ3) is 15.8. The van der Waals surface area contributed by atoms with Crippen molar-refractivity contribution in [2.45, 2.75) is 120 Å². The number of amides is 5. The molecule has 0 atom stereocenters. The minimum Gasteiger partial charge on any atom is -0.478 e. The van der Waals surface area contributed by atoms with E-state index >= 15 is 0 Å². The van der Waals surface area contributed by atoms with Gasteiger partial charge in [-0.1, -0.05) is 53.7 Å². The SMILES string of the molecule is Cc1c(F)cc(C(=O)NC2CC2)cc1-c1ccc(C(=O)NCC(C)(C)C)cc1C(=O)NCCCOC(C)C.Cc1c(F)cc(C(=O)NC2CC2)cc1-c1ccc(C(=O)NCC(C)(C)C)cc1C(=O)O. The van der Waals surface area contributed by atoms with E-state index in [1.807, 2.05) is 55.4 Å². The van der Waals surface area contributed by atoms with E-state index in [-0.39, 0.29) is 91.6 Å². The van der Waals surface area contributed by atoms with Gasteiger partial charge >= 0.3 is 5.97 Å². The highest BCUT2D eigenvalue weighted by Crippen LogP contribution is 2.33. The summed E-state index contributed by atoms with van der Waals surface area (Å²) in [5.74, 6) is -4.18. The van der Waals surface area contributed by atoms with Crippen molar-refractivity contribution >= 4 is 35.5 Å². The molecule has 0 saturated heterocycles. The van der Waals surface area contributed by atoms with Gasteiger partial charge in [0.25, 0.3) is 29.5 Å². The van der Waals surface area contributed by atoms with Gasteiger partial charge in [0, 0.05) is 66.1 Å². The predicted octanol–water partition coefficient (Wildman–Crippen LogP) is 9.18. The lowest BCUT2D eigenvalue weighted by Gasteiger charge is -2.19. The van der Waals surface area contributed by atoms with Crippen LogP contribution in [0.4, 0.5) is 8.78 Å². The summed E-state index contributed by atoms with van der Waals surface area (Å²) in [5, 5.41) is 24.0. The number of carbonyl (C=O) groups excluding carboxylic acids is 5. The molecule has 0 aromatic heterocycles. The van der Waals surface area contributed by atoms with E-state index in [9.17, 15) is 42.7 Å². The molecule has 0 unspecified atom stereocenters. The molecule has 0 bridgehead atoms. The number of hydrogen-bond donors (Lipinski definition) is 6.